The summed E-state index contributed by atoms with van der Waals surface area (Å²) in [7, 11) is 0. The average Bonchev–Trinajstić information content (AvgIpc) is 2.98. The highest BCUT2D eigenvalue weighted by Crippen LogP contribution is 2.23. The summed E-state index contributed by atoms with van der Waals surface area (Å²) in [6.45, 7) is 4.39. The molecule has 0 aliphatic carbocycles. The van der Waals surface area contributed by atoms with Gasteiger partial charge in [-0.15, -0.1) is 0 Å². The number of rotatable bonds is 3. The Balaban J connectivity index is 1.90. The first-order valence-corrected chi connectivity index (χ1v) is 6.80. The largest absolute Gasteiger partial charge is 0.338 e. The Morgan fingerprint density at radius 3 is 2.40 bits per heavy atom. The summed E-state index contributed by atoms with van der Waals surface area (Å²) in [5, 5.41) is 0. The lowest BCUT2D eigenvalue weighted by Gasteiger charge is -2.05. The smallest absolute Gasteiger partial charge is 0.137 e. The van der Waals surface area contributed by atoms with Gasteiger partial charge in [-0.25, -0.2) is 4.98 Å². The molecule has 0 fully saturated rings. The Labute approximate surface area is 118 Å². The number of hydrogen-bond donors (Lipinski definition) is 1. The third kappa shape index (κ3) is 2.48. The van der Waals surface area contributed by atoms with Crippen LogP contribution in [0.25, 0.3) is 22.6 Å². The first-order valence-electron chi connectivity index (χ1n) is 6.80. The molecule has 2 aromatic heterocycles. The van der Waals surface area contributed by atoms with Gasteiger partial charge in [0, 0.05) is 23.5 Å². The van der Waals surface area contributed by atoms with Gasteiger partial charge in [0.1, 0.15) is 5.82 Å². The highest BCUT2D eigenvalue weighted by atomic mass is 14.9. The molecule has 3 heteroatoms. The molecular weight excluding hydrogens is 246 g/mol. The average molecular weight is 263 g/mol. The van der Waals surface area contributed by atoms with Gasteiger partial charge in [-0.2, -0.15) is 0 Å². The molecule has 0 atom stereocenters. The molecule has 100 valence electrons. The van der Waals surface area contributed by atoms with Gasteiger partial charge in [0.15, 0.2) is 0 Å². The molecule has 0 aliphatic rings. The molecule has 0 radical (unpaired) electrons. The number of pyridine rings is 1. The third-order valence-electron chi connectivity index (χ3n) is 3.40. The SMILES string of the molecule is CC(C)c1ccc(-c2ncc(-c3cccnc3)[nH]2)cc1. The molecule has 0 unspecified atom stereocenters. The van der Waals surface area contributed by atoms with Gasteiger partial charge in [0.25, 0.3) is 0 Å². The zero-order valence-electron chi connectivity index (χ0n) is 11.7. The van der Waals surface area contributed by atoms with E-state index in [0.717, 1.165) is 22.6 Å². The second-order valence-electron chi connectivity index (χ2n) is 5.16. The van der Waals surface area contributed by atoms with Crippen molar-refractivity contribution in [1.29, 1.82) is 0 Å². The van der Waals surface area contributed by atoms with Gasteiger partial charge < -0.3 is 4.98 Å². The van der Waals surface area contributed by atoms with E-state index in [0.29, 0.717) is 5.92 Å². The van der Waals surface area contributed by atoms with Gasteiger partial charge in [-0.05, 0) is 23.6 Å². The zero-order chi connectivity index (χ0) is 13.9. The van der Waals surface area contributed by atoms with E-state index >= 15 is 0 Å². The number of hydrogen-bond acceptors (Lipinski definition) is 2. The summed E-state index contributed by atoms with van der Waals surface area (Å²) in [6, 6.07) is 12.5. The summed E-state index contributed by atoms with van der Waals surface area (Å²) < 4.78 is 0. The highest BCUT2D eigenvalue weighted by molar-refractivity contribution is 5.63. The molecule has 0 amide bonds. The monoisotopic (exact) mass is 263 g/mol. The van der Waals surface area contributed by atoms with Crippen LogP contribution in [-0.4, -0.2) is 15.0 Å². The molecule has 3 aromatic rings. The molecule has 0 saturated heterocycles. The van der Waals surface area contributed by atoms with Crippen LogP contribution in [0.5, 0.6) is 0 Å². The second kappa shape index (κ2) is 5.29. The maximum Gasteiger partial charge on any atom is 0.137 e. The van der Waals surface area contributed by atoms with Crippen LogP contribution in [-0.2, 0) is 0 Å². The van der Waals surface area contributed by atoms with Gasteiger partial charge in [-0.1, -0.05) is 38.1 Å². The molecule has 3 nitrogen and oxygen atoms in total. The van der Waals surface area contributed by atoms with E-state index in [1.54, 1.807) is 6.20 Å². The number of nitrogens with zero attached hydrogens (tertiary/aromatic N) is 2. The van der Waals surface area contributed by atoms with E-state index in [1.165, 1.54) is 5.56 Å². The minimum Gasteiger partial charge on any atom is -0.338 e. The number of aromatic nitrogens is 3. The topological polar surface area (TPSA) is 41.6 Å². The predicted octanol–water partition coefficient (Wildman–Crippen LogP) is 4.26. The molecule has 3 rings (SSSR count). The molecule has 2 heterocycles. The summed E-state index contributed by atoms with van der Waals surface area (Å²) in [5.41, 5.74) is 4.48. The number of benzene rings is 1. The number of nitrogens with one attached hydrogen (secondary N) is 1. The fourth-order valence-corrected chi connectivity index (χ4v) is 2.16. The quantitative estimate of drug-likeness (QED) is 0.767. The summed E-state index contributed by atoms with van der Waals surface area (Å²) >= 11 is 0. The van der Waals surface area contributed by atoms with Crippen molar-refractivity contribution in [2.24, 2.45) is 0 Å². The molecule has 0 saturated carbocycles. The van der Waals surface area contributed by atoms with Gasteiger partial charge in [0.05, 0.1) is 11.9 Å². The van der Waals surface area contributed by atoms with Crippen molar-refractivity contribution in [3.05, 3.63) is 60.6 Å². The molecule has 20 heavy (non-hydrogen) atoms. The first kappa shape index (κ1) is 12.6. The van der Waals surface area contributed by atoms with E-state index < -0.39 is 0 Å². The summed E-state index contributed by atoms with van der Waals surface area (Å²) in [6.07, 6.45) is 5.45. The van der Waals surface area contributed by atoms with Gasteiger partial charge >= 0.3 is 0 Å². The van der Waals surface area contributed by atoms with Crippen molar-refractivity contribution >= 4 is 0 Å². The standard InChI is InChI=1S/C17H17N3/c1-12(2)13-5-7-14(8-6-13)17-19-11-16(20-17)15-4-3-9-18-10-15/h3-12H,1-2H3,(H,19,20). The summed E-state index contributed by atoms with van der Waals surface area (Å²) in [4.78, 5) is 11.9. The number of H-pyrrole nitrogens is 1. The first-order chi connectivity index (χ1) is 9.74. The van der Waals surface area contributed by atoms with Crippen LogP contribution in [0, 0.1) is 0 Å². The van der Waals surface area contributed by atoms with Crippen LogP contribution < -0.4 is 0 Å². The van der Waals surface area contributed by atoms with Crippen molar-refractivity contribution in [3.63, 3.8) is 0 Å². The predicted molar refractivity (Wildman–Crippen MR) is 81.3 cm³/mol. The number of imidazole rings is 1. The zero-order valence-corrected chi connectivity index (χ0v) is 11.7. The lowest BCUT2D eigenvalue weighted by Crippen LogP contribution is -1.87. The van der Waals surface area contributed by atoms with Crippen LogP contribution in [0.1, 0.15) is 25.3 Å². The van der Waals surface area contributed by atoms with Gasteiger partial charge in [0.2, 0.25) is 0 Å². The van der Waals surface area contributed by atoms with Crippen LogP contribution in [0.4, 0.5) is 0 Å². The van der Waals surface area contributed by atoms with Crippen LogP contribution in [0.15, 0.2) is 55.0 Å². The Morgan fingerprint density at radius 1 is 0.950 bits per heavy atom. The van der Waals surface area contributed by atoms with Crippen LogP contribution >= 0.6 is 0 Å². The summed E-state index contributed by atoms with van der Waals surface area (Å²) in [5.74, 6) is 1.44. The van der Waals surface area contributed by atoms with E-state index in [9.17, 15) is 0 Å². The highest BCUT2D eigenvalue weighted by Gasteiger charge is 2.06. The van der Waals surface area contributed by atoms with Crippen molar-refractivity contribution in [1.82, 2.24) is 15.0 Å². The molecule has 0 aliphatic heterocycles. The van der Waals surface area contributed by atoms with E-state index in [4.69, 9.17) is 0 Å². The minimum absolute atomic E-state index is 0.548. The molecule has 1 aromatic carbocycles. The van der Waals surface area contributed by atoms with Crippen LogP contribution in [0.2, 0.25) is 0 Å². The molecule has 0 bridgehead atoms. The van der Waals surface area contributed by atoms with Crippen molar-refractivity contribution < 1.29 is 0 Å². The third-order valence-corrected chi connectivity index (χ3v) is 3.40. The lowest BCUT2D eigenvalue weighted by atomic mass is 10.0. The van der Waals surface area contributed by atoms with Crippen LogP contribution in [0.3, 0.4) is 0 Å². The maximum absolute atomic E-state index is 4.45. The second-order valence-corrected chi connectivity index (χ2v) is 5.16. The lowest BCUT2D eigenvalue weighted by molar-refractivity contribution is 0.867. The molecular formula is C17H17N3. The Hall–Kier alpha value is -2.42. The fourth-order valence-electron chi connectivity index (χ4n) is 2.16. The Bertz CT molecular complexity index is 682. The maximum atomic E-state index is 4.45. The van der Waals surface area contributed by atoms with Crippen molar-refractivity contribution in [3.8, 4) is 22.6 Å². The van der Waals surface area contributed by atoms with Gasteiger partial charge in [-0.3, -0.25) is 4.98 Å². The molecule has 1 N–H and O–H groups in total. The normalized spacial score (nSPS) is 10.9. The van der Waals surface area contributed by atoms with E-state index in [1.807, 2.05) is 24.5 Å². The van der Waals surface area contributed by atoms with E-state index in [2.05, 4.69) is 53.1 Å². The Morgan fingerprint density at radius 2 is 1.75 bits per heavy atom. The van der Waals surface area contributed by atoms with E-state index in [-0.39, 0.29) is 0 Å². The molecule has 0 spiro atoms. The van der Waals surface area contributed by atoms with Crippen molar-refractivity contribution in [2.45, 2.75) is 19.8 Å². The van der Waals surface area contributed by atoms with Crippen molar-refractivity contribution in [2.75, 3.05) is 0 Å². The number of aromatic amines is 1. The fraction of sp³-hybridized carbons (Fsp3) is 0.176. The Kier molecular flexibility index (Phi) is 3.33. The minimum atomic E-state index is 0.548.